The van der Waals surface area contributed by atoms with Gasteiger partial charge in [-0.25, -0.2) is 8.42 Å². The molecule has 0 bridgehead atoms. The van der Waals surface area contributed by atoms with E-state index in [1.807, 2.05) is 37.3 Å². The second-order valence-corrected chi connectivity index (χ2v) is 14.9. The van der Waals surface area contributed by atoms with Crippen molar-refractivity contribution in [1.29, 1.82) is 0 Å². The topological polar surface area (TPSA) is 101 Å². The van der Waals surface area contributed by atoms with Crippen molar-refractivity contribution in [1.82, 2.24) is 5.32 Å². The minimum Gasteiger partial charge on any atom is -0.481 e. The van der Waals surface area contributed by atoms with Crippen LogP contribution >= 0.6 is 34.8 Å². The number of hydrogen-bond acceptors (Lipinski definition) is 4. The molecule has 222 valence electrons. The maximum absolute atomic E-state index is 13.7. The summed E-state index contributed by atoms with van der Waals surface area (Å²) in [4.78, 5) is 25.6. The predicted molar refractivity (Wildman–Crippen MR) is 165 cm³/mol. The van der Waals surface area contributed by atoms with Gasteiger partial charge in [-0.1, -0.05) is 78.1 Å². The fourth-order valence-electron chi connectivity index (χ4n) is 6.61. The number of piperidine rings is 1. The van der Waals surface area contributed by atoms with E-state index in [9.17, 15) is 23.1 Å². The van der Waals surface area contributed by atoms with E-state index in [1.54, 1.807) is 36.4 Å². The second-order valence-electron chi connectivity index (χ2n) is 11.5. The first kappa shape index (κ1) is 30.9. The number of carboxylic acid groups (broad SMARTS) is 1. The molecule has 1 aliphatic heterocycles. The number of rotatable bonds is 10. The van der Waals surface area contributed by atoms with Gasteiger partial charge in [0, 0.05) is 22.0 Å². The SMILES string of the molecule is CCC1(CC(=O)O)CC(c2cccc(Cl)c2)C(CC(c2ccc(Cl)cc2)C2CC2S(=O)(=O)c2ccccc2Cl)NC1=O. The van der Waals surface area contributed by atoms with Gasteiger partial charge in [-0.2, -0.15) is 0 Å². The molecule has 3 aromatic carbocycles. The molecule has 1 aliphatic carbocycles. The molecule has 10 heteroatoms. The maximum atomic E-state index is 13.7. The normalized spacial score (nSPS) is 26.3. The summed E-state index contributed by atoms with van der Waals surface area (Å²) >= 11 is 18.9. The van der Waals surface area contributed by atoms with Crippen LogP contribution in [0.3, 0.4) is 0 Å². The van der Waals surface area contributed by atoms with E-state index in [-0.39, 0.29) is 46.0 Å². The van der Waals surface area contributed by atoms with Crippen molar-refractivity contribution < 1.29 is 23.1 Å². The molecule has 2 aliphatic rings. The van der Waals surface area contributed by atoms with Crippen LogP contribution in [0.2, 0.25) is 15.1 Å². The van der Waals surface area contributed by atoms with Crippen molar-refractivity contribution >= 4 is 56.5 Å². The quantitative estimate of drug-likeness (QED) is 0.237. The van der Waals surface area contributed by atoms with Crippen LogP contribution in [0.5, 0.6) is 0 Å². The smallest absolute Gasteiger partial charge is 0.304 e. The summed E-state index contributed by atoms with van der Waals surface area (Å²) in [5, 5.41) is 13.6. The molecule has 0 spiro atoms. The number of amides is 1. The van der Waals surface area contributed by atoms with E-state index in [4.69, 9.17) is 34.8 Å². The summed E-state index contributed by atoms with van der Waals surface area (Å²) in [5.74, 6) is -1.97. The van der Waals surface area contributed by atoms with Crippen LogP contribution in [0.15, 0.2) is 77.7 Å². The fraction of sp³-hybridized carbons (Fsp3) is 0.375. The number of carboxylic acids is 1. The van der Waals surface area contributed by atoms with E-state index in [1.165, 1.54) is 6.07 Å². The highest BCUT2D eigenvalue weighted by Gasteiger charge is 2.54. The molecular weight excluding hydrogens is 617 g/mol. The number of halogens is 3. The van der Waals surface area contributed by atoms with E-state index in [2.05, 4.69) is 5.32 Å². The molecule has 6 nitrogen and oxygen atoms in total. The van der Waals surface area contributed by atoms with Gasteiger partial charge >= 0.3 is 5.97 Å². The average Bonchev–Trinajstić information content (AvgIpc) is 3.75. The van der Waals surface area contributed by atoms with Crippen molar-refractivity contribution in [3.63, 3.8) is 0 Å². The predicted octanol–water partition coefficient (Wildman–Crippen LogP) is 7.53. The molecule has 0 aromatic heterocycles. The minimum absolute atomic E-state index is 0.123. The Hall–Kier alpha value is -2.58. The number of aliphatic carboxylic acids is 1. The lowest BCUT2D eigenvalue weighted by Crippen LogP contribution is -2.55. The zero-order valence-electron chi connectivity index (χ0n) is 23.0. The molecule has 2 fully saturated rings. The van der Waals surface area contributed by atoms with Crippen LogP contribution < -0.4 is 5.32 Å². The Morgan fingerprint density at radius 3 is 2.38 bits per heavy atom. The van der Waals surface area contributed by atoms with Gasteiger partial charge in [-0.05, 0) is 85.0 Å². The zero-order chi connectivity index (χ0) is 30.2. The highest BCUT2D eigenvalue weighted by atomic mass is 35.5. The van der Waals surface area contributed by atoms with Crippen LogP contribution in [-0.4, -0.2) is 36.7 Å². The number of carbonyl (C=O) groups excluding carboxylic acids is 1. The highest BCUT2D eigenvalue weighted by Crippen LogP contribution is 2.53. The minimum atomic E-state index is -3.69. The zero-order valence-corrected chi connectivity index (χ0v) is 26.1. The van der Waals surface area contributed by atoms with Gasteiger partial charge in [0.15, 0.2) is 9.84 Å². The van der Waals surface area contributed by atoms with Crippen LogP contribution in [0.25, 0.3) is 0 Å². The van der Waals surface area contributed by atoms with E-state index in [0.29, 0.717) is 35.7 Å². The molecule has 2 N–H and O–H groups in total. The fourth-order valence-corrected chi connectivity index (χ4v) is 9.45. The summed E-state index contributed by atoms with van der Waals surface area (Å²) in [6.45, 7) is 1.84. The molecule has 6 atom stereocenters. The molecule has 1 amide bonds. The lowest BCUT2D eigenvalue weighted by atomic mass is 9.66. The van der Waals surface area contributed by atoms with Gasteiger partial charge in [0.25, 0.3) is 0 Å². The largest absolute Gasteiger partial charge is 0.481 e. The van der Waals surface area contributed by atoms with Crippen LogP contribution in [0, 0.1) is 11.3 Å². The first-order valence-corrected chi connectivity index (χ1v) is 16.7. The Bertz CT molecular complexity index is 1600. The van der Waals surface area contributed by atoms with E-state index >= 15 is 0 Å². The Labute approximate surface area is 261 Å². The third-order valence-corrected chi connectivity index (χ3v) is 12.2. The number of benzene rings is 3. The summed E-state index contributed by atoms with van der Waals surface area (Å²) in [5.41, 5.74) is 0.764. The Balaban J connectivity index is 1.52. The third kappa shape index (κ3) is 6.21. The molecule has 1 saturated carbocycles. The summed E-state index contributed by atoms with van der Waals surface area (Å²) in [7, 11) is -3.69. The number of sulfone groups is 1. The van der Waals surface area contributed by atoms with Crippen molar-refractivity contribution in [3.05, 3.63) is 99.0 Å². The van der Waals surface area contributed by atoms with Gasteiger partial charge in [0.05, 0.1) is 27.0 Å². The van der Waals surface area contributed by atoms with Crippen LogP contribution in [-0.2, 0) is 19.4 Å². The van der Waals surface area contributed by atoms with Crippen LogP contribution in [0.4, 0.5) is 0 Å². The van der Waals surface area contributed by atoms with E-state index in [0.717, 1.165) is 11.1 Å². The van der Waals surface area contributed by atoms with E-state index < -0.39 is 26.5 Å². The first-order valence-electron chi connectivity index (χ1n) is 14.0. The molecule has 6 unspecified atom stereocenters. The lowest BCUT2D eigenvalue weighted by Gasteiger charge is -2.44. The van der Waals surface area contributed by atoms with Gasteiger partial charge in [-0.3, -0.25) is 9.59 Å². The highest BCUT2D eigenvalue weighted by molar-refractivity contribution is 7.92. The molecule has 0 radical (unpaired) electrons. The van der Waals surface area contributed by atoms with Crippen molar-refractivity contribution in [3.8, 4) is 0 Å². The third-order valence-electron chi connectivity index (χ3n) is 8.98. The van der Waals surface area contributed by atoms with Crippen molar-refractivity contribution in [2.24, 2.45) is 11.3 Å². The number of hydrogen-bond donors (Lipinski definition) is 2. The molecule has 1 heterocycles. The Morgan fingerprint density at radius 2 is 1.74 bits per heavy atom. The molecular formula is C32H32Cl3NO5S. The van der Waals surface area contributed by atoms with Gasteiger partial charge in [0.2, 0.25) is 5.91 Å². The van der Waals surface area contributed by atoms with Gasteiger partial charge in [-0.15, -0.1) is 0 Å². The van der Waals surface area contributed by atoms with Crippen LogP contribution in [0.1, 0.15) is 62.0 Å². The molecule has 42 heavy (non-hydrogen) atoms. The molecule has 1 saturated heterocycles. The molecule has 3 aromatic rings. The van der Waals surface area contributed by atoms with Gasteiger partial charge in [0.1, 0.15) is 0 Å². The monoisotopic (exact) mass is 647 g/mol. The molecule has 5 rings (SSSR count). The van der Waals surface area contributed by atoms with Gasteiger partial charge < -0.3 is 10.4 Å². The average molecular weight is 649 g/mol. The summed E-state index contributed by atoms with van der Waals surface area (Å²) < 4.78 is 27.3. The van der Waals surface area contributed by atoms with Crippen molar-refractivity contribution in [2.45, 2.75) is 67.1 Å². The first-order chi connectivity index (χ1) is 19.9. The maximum Gasteiger partial charge on any atom is 0.304 e. The lowest BCUT2D eigenvalue weighted by molar-refractivity contribution is -0.148. The second kappa shape index (κ2) is 12.2. The Morgan fingerprint density at radius 1 is 1.02 bits per heavy atom. The summed E-state index contributed by atoms with van der Waals surface area (Å²) in [6, 6.07) is 20.9. The standard InChI is InChI=1S/C32H32Cl3NO5S/c1-2-32(18-30(37)38)17-25(20-6-5-7-22(34)14-20)27(36-31(32)39)15-23(19-10-12-21(33)13-11-19)24-16-29(24)42(40,41)28-9-4-3-8-26(28)35/h3-14,23-25,27,29H,2,15-18H2,1H3,(H,36,39)(H,37,38). The number of nitrogens with one attached hydrogen (secondary N) is 1. The van der Waals surface area contributed by atoms with Crippen molar-refractivity contribution in [2.75, 3.05) is 0 Å². The number of carbonyl (C=O) groups is 2. The Kier molecular flexibility index (Phi) is 8.96. The summed E-state index contributed by atoms with van der Waals surface area (Å²) in [6.07, 6.45) is 1.35.